The van der Waals surface area contributed by atoms with E-state index in [-0.39, 0.29) is 0 Å². The van der Waals surface area contributed by atoms with Gasteiger partial charge in [0.25, 0.3) is 0 Å². The molecule has 5 nitrogen and oxygen atoms in total. The van der Waals surface area contributed by atoms with E-state index in [1.807, 2.05) is 0 Å². The number of benzene rings is 1. The van der Waals surface area contributed by atoms with Crippen molar-refractivity contribution >= 4 is 16.9 Å². The second-order valence-electron chi connectivity index (χ2n) is 4.33. The monoisotopic (exact) mass is 239 g/mol. The number of nitrogen functional groups attached to an aromatic ring is 1. The van der Waals surface area contributed by atoms with Crippen molar-refractivity contribution in [2.75, 3.05) is 5.73 Å². The smallest absolute Gasteiger partial charge is 0.161 e. The van der Waals surface area contributed by atoms with Gasteiger partial charge in [0.2, 0.25) is 0 Å². The summed E-state index contributed by atoms with van der Waals surface area (Å²) < 4.78 is 0. The number of H-pyrrole nitrogens is 1. The first kappa shape index (κ1) is 10.7. The molecule has 0 atom stereocenters. The van der Waals surface area contributed by atoms with Gasteiger partial charge in [0.15, 0.2) is 11.6 Å². The molecule has 0 amide bonds. The van der Waals surface area contributed by atoms with Crippen molar-refractivity contribution in [2.45, 2.75) is 13.8 Å². The van der Waals surface area contributed by atoms with Crippen LogP contribution in [0.1, 0.15) is 11.1 Å². The molecule has 0 aliphatic carbocycles. The van der Waals surface area contributed by atoms with Gasteiger partial charge in [-0.2, -0.15) is 0 Å². The molecule has 3 N–H and O–H groups in total. The van der Waals surface area contributed by atoms with Crippen LogP contribution in [0.3, 0.4) is 0 Å². The Hall–Kier alpha value is -2.43. The van der Waals surface area contributed by atoms with Gasteiger partial charge in [-0.3, -0.25) is 0 Å². The lowest BCUT2D eigenvalue weighted by atomic mass is 10.1. The first-order valence-electron chi connectivity index (χ1n) is 5.69. The van der Waals surface area contributed by atoms with Gasteiger partial charge in [-0.1, -0.05) is 0 Å². The summed E-state index contributed by atoms with van der Waals surface area (Å²) in [7, 11) is 0. The molecule has 0 radical (unpaired) electrons. The SMILES string of the molecule is Cc1cc2nc(-c3nccnc3N)[nH]c2cc1C. The molecule has 0 saturated heterocycles. The molecule has 90 valence electrons. The maximum atomic E-state index is 5.80. The van der Waals surface area contributed by atoms with Gasteiger partial charge >= 0.3 is 0 Å². The molecule has 3 aromatic rings. The Bertz CT molecular complexity index is 690. The van der Waals surface area contributed by atoms with Gasteiger partial charge in [-0.25, -0.2) is 15.0 Å². The third-order valence-corrected chi connectivity index (χ3v) is 3.05. The summed E-state index contributed by atoms with van der Waals surface area (Å²) in [4.78, 5) is 16.0. The number of aromatic amines is 1. The normalized spacial score (nSPS) is 11.0. The maximum absolute atomic E-state index is 5.80. The number of hydrogen-bond donors (Lipinski definition) is 2. The molecule has 0 unspecified atom stereocenters. The lowest BCUT2D eigenvalue weighted by molar-refractivity contribution is 1.17. The van der Waals surface area contributed by atoms with Gasteiger partial charge in [0.1, 0.15) is 5.69 Å². The van der Waals surface area contributed by atoms with Crippen LogP contribution in [0.25, 0.3) is 22.6 Å². The van der Waals surface area contributed by atoms with Gasteiger partial charge in [-0.05, 0) is 37.1 Å². The molecule has 0 saturated carbocycles. The summed E-state index contributed by atoms with van der Waals surface area (Å²) in [5.74, 6) is 1.03. The van der Waals surface area contributed by atoms with Crippen molar-refractivity contribution in [1.82, 2.24) is 19.9 Å². The van der Waals surface area contributed by atoms with E-state index in [2.05, 4.69) is 45.9 Å². The molecule has 0 aliphatic rings. The third-order valence-electron chi connectivity index (χ3n) is 3.05. The van der Waals surface area contributed by atoms with E-state index in [1.54, 1.807) is 12.4 Å². The Morgan fingerprint density at radius 2 is 1.78 bits per heavy atom. The summed E-state index contributed by atoms with van der Waals surface area (Å²) in [6.45, 7) is 4.14. The van der Waals surface area contributed by atoms with Gasteiger partial charge in [0, 0.05) is 12.4 Å². The van der Waals surface area contributed by atoms with Crippen molar-refractivity contribution in [2.24, 2.45) is 0 Å². The number of hydrogen-bond acceptors (Lipinski definition) is 4. The van der Waals surface area contributed by atoms with Crippen LogP contribution in [0.2, 0.25) is 0 Å². The minimum absolute atomic E-state index is 0.380. The molecular weight excluding hydrogens is 226 g/mol. The molecule has 18 heavy (non-hydrogen) atoms. The molecule has 1 aromatic carbocycles. The van der Waals surface area contributed by atoms with Crippen LogP contribution in [-0.2, 0) is 0 Å². The summed E-state index contributed by atoms with van der Waals surface area (Å²) in [5.41, 5.74) is 10.7. The number of aromatic nitrogens is 4. The molecule has 0 aliphatic heterocycles. The Balaban J connectivity index is 2.23. The maximum Gasteiger partial charge on any atom is 0.161 e. The fraction of sp³-hybridized carbons (Fsp3) is 0.154. The number of nitrogens with one attached hydrogen (secondary N) is 1. The van der Waals surface area contributed by atoms with Gasteiger partial charge < -0.3 is 10.7 Å². The van der Waals surface area contributed by atoms with E-state index in [1.165, 1.54) is 11.1 Å². The predicted molar refractivity (Wildman–Crippen MR) is 71.0 cm³/mol. The second kappa shape index (κ2) is 3.80. The van der Waals surface area contributed by atoms with Crippen molar-refractivity contribution < 1.29 is 0 Å². The summed E-state index contributed by atoms with van der Waals surface area (Å²) in [5, 5.41) is 0. The number of fused-ring (bicyclic) bond motifs is 1. The Morgan fingerprint density at radius 3 is 2.56 bits per heavy atom. The van der Waals surface area contributed by atoms with Crippen LogP contribution < -0.4 is 5.73 Å². The highest BCUT2D eigenvalue weighted by molar-refractivity contribution is 5.81. The van der Waals surface area contributed by atoms with Crippen LogP contribution in [-0.4, -0.2) is 19.9 Å². The number of nitrogens with zero attached hydrogens (tertiary/aromatic N) is 3. The highest BCUT2D eigenvalue weighted by atomic mass is 15.0. The number of nitrogens with two attached hydrogens (primary N) is 1. The van der Waals surface area contributed by atoms with Crippen LogP contribution in [0.4, 0.5) is 5.82 Å². The molecule has 5 heteroatoms. The topological polar surface area (TPSA) is 80.5 Å². The van der Waals surface area contributed by atoms with E-state index >= 15 is 0 Å². The van der Waals surface area contributed by atoms with Gasteiger partial charge in [0.05, 0.1) is 11.0 Å². The minimum atomic E-state index is 0.380. The summed E-state index contributed by atoms with van der Waals surface area (Å²) in [6, 6.07) is 4.13. The number of imidazole rings is 1. The van der Waals surface area contributed by atoms with Crippen molar-refractivity contribution in [3.05, 3.63) is 35.7 Å². The Kier molecular flexibility index (Phi) is 2.26. The molecule has 2 heterocycles. The number of anilines is 1. The predicted octanol–water partition coefficient (Wildman–Crippen LogP) is 2.22. The summed E-state index contributed by atoms with van der Waals surface area (Å²) >= 11 is 0. The zero-order chi connectivity index (χ0) is 12.7. The average Bonchev–Trinajstić information content (AvgIpc) is 2.73. The van der Waals surface area contributed by atoms with Crippen LogP contribution >= 0.6 is 0 Å². The Morgan fingerprint density at radius 1 is 1.06 bits per heavy atom. The molecule has 0 bridgehead atoms. The van der Waals surface area contributed by atoms with E-state index in [0.717, 1.165) is 11.0 Å². The fourth-order valence-corrected chi connectivity index (χ4v) is 1.91. The molecular formula is C13H13N5. The van der Waals surface area contributed by atoms with Crippen LogP contribution in [0.15, 0.2) is 24.5 Å². The standard InChI is InChI=1S/C13H13N5/c1-7-5-9-10(6-8(7)2)18-13(17-9)11-12(14)16-4-3-15-11/h3-6H,1-2H3,(H2,14,16)(H,17,18). The molecule has 0 fully saturated rings. The first-order valence-corrected chi connectivity index (χ1v) is 5.69. The number of aryl methyl sites for hydroxylation is 2. The van der Waals surface area contributed by atoms with Crippen LogP contribution in [0.5, 0.6) is 0 Å². The third kappa shape index (κ3) is 1.60. The highest BCUT2D eigenvalue weighted by Gasteiger charge is 2.10. The molecule has 0 spiro atoms. The second-order valence-corrected chi connectivity index (χ2v) is 4.33. The van der Waals surface area contributed by atoms with Crippen molar-refractivity contribution in [3.8, 4) is 11.5 Å². The largest absolute Gasteiger partial charge is 0.382 e. The average molecular weight is 239 g/mol. The zero-order valence-corrected chi connectivity index (χ0v) is 10.2. The van der Waals surface area contributed by atoms with Crippen molar-refractivity contribution in [1.29, 1.82) is 0 Å². The minimum Gasteiger partial charge on any atom is -0.382 e. The van der Waals surface area contributed by atoms with Crippen LogP contribution in [0, 0.1) is 13.8 Å². The fourth-order valence-electron chi connectivity index (χ4n) is 1.91. The summed E-state index contributed by atoms with van der Waals surface area (Å²) in [6.07, 6.45) is 3.17. The zero-order valence-electron chi connectivity index (χ0n) is 10.2. The van der Waals surface area contributed by atoms with E-state index < -0.39 is 0 Å². The lowest BCUT2D eigenvalue weighted by Crippen LogP contribution is -1.96. The van der Waals surface area contributed by atoms with Gasteiger partial charge in [-0.15, -0.1) is 0 Å². The van der Waals surface area contributed by atoms with E-state index in [0.29, 0.717) is 17.3 Å². The quantitative estimate of drug-likeness (QED) is 0.682. The highest BCUT2D eigenvalue weighted by Crippen LogP contribution is 2.23. The molecule has 3 rings (SSSR count). The van der Waals surface area contributed by atoms with Crippen molar-refractivity contribution in [3.63, 3.8) is 0 Å². The Labute approximate surface area is 104 Å². The van der Waals surface area contributed by atoms with E-state index in [9.17, 15) is 0 Å². The van der Waals surface area contributed by atoms with E-state index in [4.69, 9.17) is 5.73 Å². The first-order chi connectivity index (χ1) is 8.65. The lowest BCUT2D eigenvalue weighted by Gasteiger charge is -1.97. The molecule has 2 aromatic heterocycles. The number of rotatable bonds is 1.